The van der Waals surface area contributed by atoms with Gasteiger partial charge in [0.1, 0.15) is 0 Å². The molecular formula is C20H16ClNO4S. The van der Waals surface area contributed by atoms with E-state index < -0.39 is 16.0 Å². The van der Waals surface area contributed by atoms with Crippen molar-refractivity contribution >= 4 is 33.3 Å². The molecule has 3 rings (SSSR count). The van der Waals surface area contributed by atoms with Crippen LogP contribution < -0.4 is 4.47 Å². The van der Waals surface area contributed by atoms with Gasteiger partial charge in [-0.15, -0.1) is 0 Å². The Morgan fingerprint density at radius 2 is 1.48 bits per heavy atom. The second-order valence-electron chi connectivity index (χ2n) is 5.77. The van der Waals surface area contributed by atoms with Gasteiger partial charge < -0.3 is 4.84 Å². The summed E-state index contributed by atoms with van der Waals surface area (Å²) >= 11 is 5.82. The fourth-order valence-electron chi connectivity index (χ4n) is 2.31. The molecule has 7 heteroatoms. The van der Waals surface area contributed by atoms with Crippen LogP contribution in [0.3, 0.4) is 0 Å². The normalized spacial score (nSPS) is 11.0. The predicted octanol–water partition coefficient (Wildman–Crippen LogP) is 4.62. The number of aryl methyl sites for hydroxylation is 1. The minimum absolute atomic E-state index is 0.0147. The Bertz CT molecular complexity index is 1030. The van der Waals surface area contributed by atoms with E-state index in [2.05, 4.69) is 0 Å². The zero-order valence-corrected chi connectivity index (χ0v) is 15.9. The molecule has 0 amide bonds. The van der Waals surface area contributed by atoms with Crippen LogP contribution in [0.2, 0.25) is 5.02 Å². The van der Waals surface area contributed by atoms with E-state index in [-0.39, 0.29) is 16.1 Å². The molecule has 0 N–H and O–H groups in total. The topological polar surface area (TPSA) is 63.7 Å². The summed E-state index contributed by atoms with van der Waals surface area (Å²) in [5, 5.41) is 0.457. The number of hydrogen-bond donors (Lipinski definition) is 0. The molecule has 0 saturated carbocycles. The summed E-state index contributed by atoms with van der Waals surface area (Å²) < 4.78 is 26.8. The largest absolute Gasteiger partial charge is 0.364 e. The molecule has 27 heavy (non-hydrogen) atoms. The third kappa shape index (κ3) is 4.30. The predicted molar refractivity (Wildman–Crippen MR) is 104 cm³/mol. The van der Waals surface area contributed by atoms with E-state index in [0.29, 0.717) is 9.49 Å². The molecular weight excluding hydrogens is 386 g/mol. The number of sulfonamides is 1. The van der Waals surface area contributed by atoms with Crippen LogP contribution in [0.1, 0.15) is 15.9 Å². The zero-order chi connectivity index (χ0) is 19.4. The van der Waals surface area contributed by atoms with Crippen LogP contribution in [0.15, 0.2) is 83.8 Å². The Labute approximate surface area is 162 Å². The van der Waals surface area contributed by atoms with Crippen molar-refractivity contribution in [1.82, 2.24) is 0 Å². The number of para-hydroxylation sites is 1. The molecule has 0 saturated heterocycles. The average Bonchev–Trinajstić information content (AvgIpc) is 2.67. The Kier molecular flexibility index (Phi) is 5.48. The van der Waals surface area contributed by atoms with E-state index in [9.17, 15) is 13.2 Å². The summed E-state index contributed by atoms with van der Waals surface area (Å²) in [5.74, 6) is -0.814. The van der Waals surface area contributed by atoms with Gasteiger partial charge in [0.15, 0.2) is 0 Å². The van der Waals surface area contributed by atoms with Crippen LogP contribution in [-0.2, 0) is 14.9 Å². The number of anilines is 1. The second kappa shape index (κ2) is 7.82. The highest BCUT2D eigenvalue weighted by Crippen LogP contribution is 2.25. The van der Waals surface area contributed by atoms with E-state index >= 15 is 0 Å². The molecule has 3 aromatic rings. The highest BCUT2D eigenvalue weighted by atomic mass is 35.5. The van der Waals surface area contributed by atoms with Crippen molar-refractivity contribution in [3.63, 3.8) is 0 Å². The lowest BCUT2D eigenvalue weighted by molar-refractivity contribution is 0.0528. The number of carbonyl (C=O) groups is 1. The summed E-state index contributed by atoms with van der Waals surface area (Å²) in [6.07, 6.45) is 0. The van der Waals surface area contributed by atoms with Crippen LogP contribution in [-0.4, -0.2) is 14.4 Å². The summed E-state index contributed by atoms with van der Waals surface area (Å²) in [4.78, 5) is 17.8. The first-order chi connectivity index (χ1) is 12.9. The smallest absolute Gasteiger partial charge is 0.320 e. The lowest BCUT2D eigenvalue weighted by Crippen LogP contribution is -2.33. The Morgan fingerprint density at radius 3 is 2.07 bits per heavy atom. The molecule has 0 atom stereocenters. The summed E-state index contributed by atoms with van der Waals surface area (Å²) in [5.41, 5.74) is 1.30. The summed E-state index contributed by atoms with van der Waals surface area (Å²) in [6.45, 7) is 1.85. The molecule has 0 heterocycles. The third-order valence-corrected chi connectivity index (χ3v) is 5.59. The molecule has 3 aromatic carbocycles. The van der Waals surface area contributed by atoms with Crippen LogP contribution in [0.25, 0.3) is 0 Å². The maximum atomic E-state index is 13.1. The van der Waals surface area contributed by atoms with Crippen molar-refractivity contribution in [3.05, 3.63) is 95.0 Å². The minimum Gasteiger partial charge on any atom is -0.320 e. The first-order valence-electron chi connectivity index (χ1n) is 8.03. The molecule has 0 spiro atoms. The van der Waals surface area contributed by atoms with Crippen molar-refractivity contribution in [2.24, 2.45) is 0 Å². The fourth-order valence-corrected chi connectivity index (χ4v) is 3.67. The molecule has 0 aliphatic heterocycles. The summed E-state index contributed by atoms with van der Waals surface area (Å²) in [7, 11) is -4.12. The van der Waals surface area contributed by atoms with Gasteiger partial charge in [0.25, 0.3) is 10.0 Å². The van der Waals surface area contributed by atoms with Crippen molar-refractivity contribution in [3.8, 4) is 0 Å². The van der Waals surface area contributed by atoms with E-state index in [1.165, 1.54) is 36.4 Å². The van der Waals surface area contributed by atoms with Gasteiger partial charge in [-0.05, 0) is 55.5 Å². The lowest BCUT2D eigenvalue weighted by Gasteiger charge is -2.22. The molecule has 138 valence electrons. The minimum atomic E-state index is -4.12. The molecule has 0 bridgehead atoms. The quantitative estimate of drug-likeness (QED) is 0.585. The highest BCUT2D eigenvalue weighted by Gasteiger charge is 2.29. The van der Waals surface area contributed by atoms with Gasteiger partial charge >= 0.3 is 5.97 Å². The standard InChI is InChI=1S/C20H16ClNO4S/c1-15-7-13-19(14-8-15)27(24,25)22(18-5-3-2-4-6-18)26-20(23)16-9-11-17(21)12-10-16/h2-14H,1H3. The zero-order valence-electron chi connectivity index (χ0n) is 14.4. The number of nitrogens with zero attached hydrogens (tertiary/aromatic N) is 1. The van der Waals surface area contributed by atoms with E-state index in [4.69, 9.17) is 16.4 Å². The maximum Gasteiger partial charge on any atom is 0.364 e. The van der Waals surface area contributed by atoms with Crippen LogP contribution in [0.4, 0.5) is 5.69 Å². The van der Waals surface area contributed by atoms with Crippen LogP contribution >= 0.6 is 11.6 Å². The number of carbonyl (C=O) groups excluding carboxylic acids is 1. The highest BCUT2D eigenvalue weighted by molar-refractivity contribution is 7.92. The first-order valence-corrected chi connectivity index (χ1v) is 9.84. The van der Waals surface area contributed by atoms with Crippen LogP contribution in [0, 0.1) is 6.92 Å². The maximum absolute atomic E-state index is 13.1. The van der Waals surface area contributed by atoms with Gasteiger partial charge in [0.2, 0.25) is 0 Å². The van der Waals surface area contributed by atoms with E-state index in [0.717, 1.165) is 5.56 Å². The second-order valence-corrected chi connectivity index (χ2v) is 7.96. The van der Waals surface area contributed by atoms with Gasteiger partial charge in [-0.3, -0.25) is 0 Å². The molecule has 0 radical (unpaired) electrons. The number of halogens is 1. The van der Waals surface area contributed by atoms with Crippen molar-refractivity contribution in [2.45, 2.75) is 11.8 Å². The fraction of sp³-hybridized carbons (Fsp3) is 0.0500. The Morgan fingerprint density at radius 1 is 0.889 bits per heavy atom. The third-order valence-electron chi connectivity index (χ3n) is 3.75. The molecule has 0 aliphatic carbocycles. The number of hydrogen-bond acceptors (Lipinski definition) is 4. The Balaban J connectivity index is 2.00. The SMILES string of the molecule is Cc1ccc(S(=O)(=O)N(OC(=O)c2ccc(Cl)cc2)c2ccccc2)cc1. The van der Waals surface area contributed by atoms with Crippen molar-refractivity contribution in [1.29, 1.82) is 0 Å². The van der Waals surface area contributed by atoms with Crippen LogP contribution in [0.5, 0.6) is 0 Å². The monoisotopic (exact) mass is 401 g/mol. The van der Waals surface area contributed by atoms with Gasteiger partial charge in [-0.1, -0.05) is 52.0 Å². The molecule has 5 nitrogen and oxygen atoms in total. The molecule has 0 fully saturated rings. The molecule has 0 aromatic heterocycles. The lowest BCUT2D eigenvalue weighted by atomic mass is 10.2. The first kappa shape index (κ1) is 18.9. The molecule has 0 unspecified atom stereocenters. The molecule has 0 aliphatic rings. The Hall–Kier alpha value is -2.83. The van der Waals surface area contributed by atoms with Gasteiger partial charge in [0, 0.05) is 5.02 Å². The average molecular weight is 402 g/mol. The van der Waals surface area contributed by atoms with E-state index in [1.807, 2.05) is 6.92 Å². The van der Waals surface area contributed by atoms with E-state index in [1.54, 1.807) is 42.5 Å². The number of benzene rings is 3. The van der Waals surface area contributed by atoms with Crippen molar-refractivity contribution < 1.29 is 18.0 Å². The van der Waals surface area contributed by atoms with Gasteiger partial charge in [-0.25, -0.2) is 4.79 Å². The van der Waals surface area contributed by atoms with Crippen molar-refractivity contribution in [2.75, 3.05) is 4.47 Å². The van der Waals surface area contributed by atoms with Gasteiger partial charge in [0.05, 0.1) is 16.1 Å². The number of rotatable bonds is 5. The van der Waals surface area contributed by atoms with Gasteiger partial charge in [-0.2, -0.15) is 8.42 Å². The summed E-state index contributed by atoms with van der Waals surface area (Å²) in [6, 6.07) is 20.4.